The standard InChI is InChI=1S/C25H24ClF3N2O5/c26-16-3-4-19-14(9-16)12-21(36-19)25(28,29)24(33)30-18(13-31-5-1-2-6-31)22(32)15-10-17(27)23-20(11-15)34-7-8-35-23/h3-4,9-12,18,22,32H,1-2,5-8,13H2,(H,30,33)/t18-,22-/m1/s1. The molecule has 0 bridgehead atoms. The van der Waals surface area contributed by atoms with Crippen LogP contribution in [0.25, 0.3) is 11.0 Å². The van der Waals surface area contributed by atoms with Gasteiger partial charge in [0.2, 0.25) is 0 Å². The fourth-order valence-electron chi connectivity index (χ4n) is 4.54. The predicted octanol–water partition coefficient (Wildman–Crippen LogP) is 4.40. The average Bonchev–Trinajstić information content (AvgIpc) is 3.53. The van der Waals surface area contributed by atoms with Crippen LogP contribution in [-0.4, -0.2) is 54.8 Å². The molecule has 5 rings (SSSR count). The molecule has 7 nitrogen and oxygen atoms in total. The number of benzene rings is 2. The van der Waals surface area contributed by atoms with Gasteiger partial charge in [0.15, 0.2) is 23.1 Å². The first-order valence-electron chi connectivity index (χ1n) is 11.6. The third-order valence-corrected chi connectivity index (χ3v) is 6.62. The van der Waals surface area contributed by atoms with Gasteiger partial charge in [-0.15, -0.1) is 0 Å². The monoisotopic (exact) mass is 524 g/mol. The van der Waals surface area contributed by atoms with Crippen molar-refractivity contribution in [3.63, 3.8) is 0 Å². The first-order valence-corrected chi connectivity index (χ1v) is 12.0. The maximum Gasteiger partial charge on any atom is 0.380 e. The normalized spacial score (nSPS) is 17.8. The summed E-state index contributed by atoms with van der Waals surface area (Å²) < 4.78 is 60.9. The summed E-state index contributed by atoms with van der Waals surface area (Å²) in [6, 6.07) is 6.73. The molecule has 0 spiro atoms. The Kier molecular flexibility index (Phi) is 6.76. The summed E-state index contributed by atoms with van der Waals surface area (Å²) in [5.41, 5.74) is 0.227. The van der Waals surface area contributed by atoms with Crippen LogP contribution >= 0.6 is 11.6 Å². The molecule has 36 heavy (non-hydrogen) atoms. The number of likely N-dealkylation sites (tertiary alicyclic amines) is 1. The van der Waals surface area contributed by atoms with Crippen LogP contribution in [0.5, 0.6) is 11.5 Å². The molecule has 11 heteroatoms. The molecule has 2 atom stereocenters. The molecule has 0 aliphatic carbocycles. The second-order valence-corrected chi connectivity index (χ2v) is 9.36. The fourth-order valence-corrected chi connectivity index (χ4v) is 4.72. The molecule has 192 valence electrons. The highest BCUT2D eigenvalue weighted by Crippen LogP contribution is 2.38. The summed E-state index contributed by atoms with van der Waals surface area (Å²) >= 11 is 5.92. The molecular weight excluding hydrogens is 501 g/mol. The van der Waals surface area contributed by atoms with E-state index in [2.05, 4.69) is 5.32 Å². The number of hydrogen-bond donors (Lipinski definition) is 2. The third kappa shape index (κ3) is 4.85. The summed E-state index contributed by atoms with van der Waals surface area (Å²) in [4.78, 5) is 14.8. The lowest BCUT2D eigenvalue weighted by molar-refractivity contribution is -0.151. The summed E-state index contributed by atoms with van der Waals surface area (Å²) in [6.45, 7) is 1.86. The molecule has 1 aromatic heterocycles. The van der Waals surface area contributed by atoms with Crippen molar-refractivity contribution in [2.75, 3.05) is 32.8 Å². The Hall–Kier alpha value is -2.95. The van der Waals surface area contributed by atoms with Gasteiger partial charge in [0.1, 0.15) is 24.9 Å². The SMILES string of the molecule is O=C(N[C@H](CN1CCCC1)[C@H](O)c1cc(F)c2c(c1)OCCO2)C(F)(F)c1cc2cc(Cl)ccc2o1. The van der Waals surface area contributed by atoms with Crippen molar-refractivity contribution in [1.29, 1.82) is 0 Å². The number of nitrogens with one attached hydrogen (secondary N) is 1. The Balaban J connectivity index is 1.41. The lowest BCUT2D eigenvalue weighted by Gasteiger charge is -2.30. The molecule has 0 unspecified atom stereocenters. The molecule has 1 saturated heterocycles. The van der Waals surface area contributed by atoms with Crippen LogP contribution in [-0.2, 0) is 10.7 Å². The fraction of sp³-hybridized carbons (Fsp3) is 0.400. The predicted molar refractivity (Wildman–Crippen MR) is 125 cm³/mol. The smallest absolute Gasteiger partial charge is 0.380 e. The number of hydrogen-bond acceptors (Lipinski definition) is 6. The molecule has 0 saturated carbocycles. The second-order valence-electron chi connectivity index (χ2n) is 8.93. The number of fused-ring (bicyclic) bond motifs is 2. The molecule has 3 heterocycles. The van der Waals surface area contributed by atoms with Crippen molar-refractivity contribution in [2.45, 2.75) is 30.9 Å². The minimum atomic E-state index is -4.04. The number of rotatable bonds is 7. The molecule has 0 radical (unpaired) electrons. The summed E-state index contributed by atoms with van der Waals surface area (Å²) in [7, 11) is 0. The zero-order chi connectivity index (χ0) is 25.4. The van der Waals surface area contributed by atoms with Crippen LogP contribution in [0.3, 0.4) is 0 Å². The van der Waals surface area contributed by atoms with Crippen LogP contribution in [0.15, 0.2) is 40.8 Å². The molecule has 3 aromatic rings. The van der Waals surface area contributed by atoms with Crippen molar-refractivity contribution >= 4 is 28.5 Å². The van der Waals surface area contributed by atoms with E-state index in [1.807, 2.05) is 4.90 Å². The first kappa shape index (κ1) is 24.7. The first-order chi connectivity index (χ1) is 17.2. The maximum absolute atomic E-state index is 15.2. The Morgan fingerprint density at radius 2 is 1.89 bits per heavy atom. The number of aliphatic hydroxyl groups is 1. The van der Waals surface area contributed by atoms with Gasteiger partial charge in [-0.25, -0.2) is 4.39 Å². The van der Waals surface area contributed by atoms with Crippen LogP contribution in [0.4, 0.5) is 13.2 Å². The molecule has 2 N–H and O–H groups in total. The highest BCUT2D eigenvalue weighted by Gasteiger charge is 2.46. The summed E-state index contributed by atoms with van der Waals surface area (Å²) in [5, 5.41) is 14.0. The highest BCUT2D eigenvalue weighted by atomic mass is 35.5. The Labute approximate surface area is 209 Å². The van der Waals surface area contributed by atoms with Gasteiger partial charge in [-0.1, -0.05) is 11.6 Å². The van der Waals surface area contributed by atoms with Crippen LogP contribution in [0.2, 0.25) is 5.02 Å². The Bertz CT molecular complexity index is 1280. The number of furan rings is 1. The molecular formula is C25H24ClF3N2O5. The van der Waals surface area contributed by atoms with Crippen molar-refractivity contribution in [3.05, 3.63) is 58.6 Å². The van der Waals surface area contributed by atoms with Crippen molar-refractivity contribution in [2.24, 2.45) is 0 Å². The van der Waals surface area contributed by atoms with Crippen LogP contribution in [0, 0.1) is 5.82 Å². The zero-order valence-corrected chi connectivity index (χ0v) is 19.9. The number of alkyl halides is 2. The number of halogens is 4. The molecule has 1 fully saturated rings. The van der Waals surface area contributed by atoms with E-state index >= 15 is 8.78 Å². The Morgan fingerprint density at radius 1 is 1.14 bits per heavy atom. The number of carbonyl (C=O) groups excluding carboxylic acids is 1. The summed E-state index contributed by atoms with van der Waals surface area (Å²) in [6.07, 6.45) is 0.324. The zero-order valence-electron chi connectivity index (χ0n) is 19.1. The number of amides is 1. The maximum atomic E-state index is 15.2. The minimum Gasteiger partial charge on any atom is -0.486 e. The number of ether oxygens (including phenoxy) is 2. The van der Waals surface area contributed by atoms with E-state index in [0.717, 1.165) is 25.0 Å². The van der Waals surface area contributed by atoms with E-state index in [9.17, 15) is 14.3 Å². The second kappa shape index (κ2) is 9.84. The van der Waals surface area contributed by atoms with Gasteiger partial charge < -0.3 is 29.2 Å². The van der Waals surface area contributed by atoms with E-state index in [0.29, 0.717) is 23.5 Å². The highest BCUT2D eigenvalue weighted by molar-refractivity contribution is 6.31. The summed E-state index contributed by atoms with van der Waals surface area (Å²) in [5.74, 6) is -7.25. The minimum absolute atomic E-state index is 0.0722. The van der Waals surface area contributed by atoms with Gasteiger partial charge in [-0.3, -0.25) is 4.79 Å². The van der Waals surface area contributed by atoms with Gasteiger partial charge >= 0.3 is 5.92 Å². The van der Waals surface area contributed by atoms with Crippen molar-refractivity contribution in [1.82, 2.24) is 10.2 Å². The van der Waals surface area contributed by atoms with E-state index in [-0.39, 0.29) is 42.4 Å². The molecule has 2 aliphatic rings. The van der Waals surface area contributed by atoms with E-state index in [4.69, 9.17) is 25.5 Å². The lowest BCUT2D eigenvalue weighted by Crippen LogP contribution is -2.50. The number of aliphatic hydroxyl groups excluding tert-OH is 1. The van der Waals surface area contributed by atoms with Crippen molar-refractivity contribution in [3.8, 4) is 11.5 Å². The van der Waals surface area contributed by atoms with E-state index in [1.165, 1.54) is 24.3 Å². The average molecular weight is 525 g/mol. The van der Waals surface area contributed by atoms with E-state index < -0.39 is 35.6 Å². The number of carbonyl (C=O) groups is 1. The largest absolute Gasteiger partial charge is 0.486 e. The molecule has 2 aliphatic heterocycles. The van der Waals surface area contributed by atoms with Gasteiger partial charge in [-0.2, -0.15) is 8.78 Å². The van der Waals surface area contributed by atoms with Gasteiger partial charge in [0.05, 0.1) is 6.04 Å². The number of nitrogens with zero attached hydrogens (tertiary/aromatic N) is 1. The van der Waals surface area contributed by atoms with Crippen molar-refractivity contribution < 1.29 is 37.0 Å². The van der Waals surface area contributed by atoms with E-state index in [1.54, 1.807) is 0 Å². The van der Waals surface area contributed by atoms with Crippen LogP contribution in [0.1, 0.15) is 30.3 Å². The third-order valence-electron chi connectivity index (χ3n) is 6.38. The lowest BCUT2D eigenvalue weighted by atomic mass is 10.00. The van der Waals surface area contributed by atoms with Gasteiger partial charge in [0, 0.05) is 17.0 Å². The van der Waals surface area contributed by atoms with Gasteiger partial charge in [0.25, 0.3) is 5.91 Å². The molecule has 2 aromatic carbocycles. The topological polar surface area (TPSA) is 84.2 Å². The van der Waals surface area contributed by atoms with Crippen LogP contribution < -0.4 is 14.8 Å². The molecule has 1 amide bonds. The quantitative estimate of drug-likeness (QED) is 0.476. The van der Waals surface area contributed by atoms with Gasteiger partial charge in [-0.05, 0) is 67.9 Å². The Morgan fingerprint density at radius 3 is 2.67 bits per heavy atom.